The van der Waals surface area contributed by atoms with E-state index in [-0.39, 0.29) is 5.75 Å². The van der Waals surface area contributed by atoms with Crippen molar-refractivity contribution in [2.45, 2.75) is 38.0 Å². The Balaban J connectivity index is 1.67. The molecule has 1 unspecified atom stereocenters. The van der Waals surface area contributed by atoms with Crippen LogP contribution in [-0.4, -0.2) is 55.7 Å². The molecular weight excluding hydrogens is 302 g/mol. The Morgan fingerprint density at radius 1 is 1.22 bits per heavy atom. The van der Waals surface area contributed by atoms with Crippen molar-refractivity contribution in [2.75, 3.05) is 33.8 Å². The number of likely N-dealkylation sites (tertiary alicyclic amines) is 2. The second-order valence-corrected chi connectivity index (χ2v) is 6.57. The van der Waals surface area contributed by atoms with Crippen molar-refractivity contribution in [2.24, 2.45) is 0 Å². The molecule has 0 aromatic heterocycles. The molecule has 1 aromatic carbocycles. The van der Waals surface area contributed by atoms with Crippen LogP contribution in [0.3, 0.4) is 0 Å². The lowest BCUT2D eigenvalue weighted by molar-refractivity contribution is -0.0512. The van der Waals surface area contributed by atoms with Crippen molar-refractivity contribution in [1.82, 2.24) is 9.80 Å². The molecule has 0 aliphatic carbocycles. The largest absolute Gasteiger partial charge is 0.493 e. The van der Waals surface area contributed by atoms with Gasteiger partial charge < -0.3 is 9.47 Å². The zero-order valence-corrected chi connectivity index (χ0v) is 13.7. The first-order valence-corrected chi connectivity index (χ1v) is 8.08. The normalized spacial score (nSPS) is 25.6. The highest BCUT2D eigenvalue weighted by Crippen LogP contribution is 2.37. The van der Waals surface area contributed by atoms with Crippen molar-refractivity contribution in [3.8, 4) is 11.5 Å². The average molecular weight is 326 g/mol. The van der Waals surface area contributed by atoms with Gasteiger partial charge in [0.15, 0.2) is 11.5 Å². The van der Waals surface area contributed by atoms with Crippen LogP contribution >= 0.6 is 0 Å². The molecule has 2 saturated heterocycles. The van der Waals surface area contributed by atoms with Crippen LogP contribution in [0.2, 0.25) is 0 Å². The lowest BCUT2D eigenvalue weighted by Gasteiger charge is -2.32. The number of ether oxygens (including phenoxy) is 2. The molecule has 0 bridgehead atoms. The fourth-order valence-corrected chi connectivity index (χ4v) is 3.93. The van der Waals surface area contributed by atoms with E-state index in [9.17, 15) is 8.78 Å². The van der Waals surface area contributed by atoms with E-state index in [4.69, 9.17) is 4.74 Å². The van der Waals surface area contributed by atoms with Crippen molar-refractivity contribution in [3.05, 3.63) is 23.8 Å². The van der Waals surface area contributed by atoms with Crippen molar-refractivity contribution in [3.63, 3.8) is 0 Å². The third-order valence-corrected chi connectivity index (χ3v) is 5.21. The smallest absolute Gasteiger partial charge is 0.387 e. The summed E-state index contributed by atoms with van der Waals surface area (Å²) in [7, 11) is 3.69. The molecule has 3 rings (SSSR count). The molecule has 23 heavy (non-hydrogen) atoms. The zero-order chi connectivity index (χ0) is 16.4. The highest BCUT2D eigenvalue weighted by Gasteiger charge is 2.43. The summed E-state index contributed by atoms with van der Waals surface area (Å²) in [5.74, 6) is 0.439. The Kier molecular flexibility index (Phi) is 4.73. The summed E-state index contributed by atoms with van der Waals surface area (Å²) in [6.45, 7) is 1.29. The summed E-state index contributed by atoms with van der Waals surface area (Å²) in [6, 6.07) is 5.19. The molecule has 0 amide bonds. The van der Waals surface area contributed by atoms with Gasteiger partial charge in [0.25, 0.3) is 0 Å². The van der Waals surface area contributed by atoms with Crippen LogP contribution in [0.4, 0.5) is 8.78 Å². The fraction of sp³-hybridized carbons (Fsp3) is 0.647. The third-order valence-electron chi connectivity index (χ3n) is 5.21. The van der Waals surface area contributed by atoms with Gasteiger partial charge in [-0.3, -0.25) is 9.80 Å². The Bertz CT molecular complexity index is 555. The molecule has 2 heterocycles. The van der Waals surface area contributed by atoms with Crippen molar-refractivity contribution < 1.29 is 18.3 Å². The van der Waals surface area contributed by atoms with Crippen molar-refractivity contribution in [1.29, 1.82) is 0 Å². The van der Waals surface area contributed by atoms with E-state index in [2.05, 4.69) is 21.6 Å². The first kappa shape index (κ1) is 16.5. The standard InChI is InChI=1S/C17H24F2N2O2/c1-20-8-3-6-17(20)7-9-21(12-17)11-13-4-5-14(23-16(18)19)15(10-13)22-2/h4-5,10,16H,3,6-9,11-12H2,1-2H3. The summed E-state index contributed by atoms with van der Waals surface area (Å²) >= 11 is 0. The monoisotopic (exact) mass is 326 g/mol. The predicted molar refractivity (Wildman–Crippen MR) is 84.1 cm³/mol. The first-order chi connectivity index (χ1) is 11.0. The van der Waals surface area contributed by atoms with Crippen LogP contribution < -0.4 is 9.47 Å². The molecule has 0 radical (unpaired) electrons. The van der Waals surface area contributed by atoms with Crippen LogP contribution in [0.25, 0.3) is 0 Å². The number of benzene rings is 1. The fourth-order valence-electron chi connectivity index (χ4n) is 3.93. The predicted octanol–water partition coefficient (Wildman–Crippen LogP) is 2.97. The molecule has 128 valence electrons. The lowest BCUT2D eigenvalue weighted by Crippen LogP contribution is -2.43. The lowest BCUT2D eigenvalue weighted by atomic mass is 9.96. The first-order valence-electron chi connectivity index (χ1n) is 8.08. The van der Waals surface area contributed by atoms with Gasteiger partial charge in [-0.15, -0.1) is 0 Å². The van der Waals surface area contributed by atoms with E-state index >= 15 is 0 Å². The average Bonchev–Trinajstić information content (AvgIpc) is 3.08. The molecule has 1 atom stereocenters. The van der Waals surface area contributed by atoms with Gasteiger partial charge in [-0.05, 0) is 50.6 Å². The Labute approximate surface area is 136 Å². The molecule has 4 nitrogen and oxygen atoms in total. The number of nitrogens with zero attached hydrogens (tertiary/aromatic N) is 2. The summed E-state index contributed by atoms with van der Waals surface area (Å²) in [5.41, 5.74) is 1.39. The number of hydrogen-bond donors (Lipinski definition) is 0. The Morgan fingerprint density at radius 3 is 2.70 bits per heavy atom. The van der Waals surface area contributed by atoms with E-state index in [0.29, 0.717) is 11.3 Å². The molecule has 1 spiro atoms. The number of alkyl halides is 2. The molecule has 2 fully saturated rings. The van der Waals surface area contributed by atoms with E-state index in [1.54, 1.807) is 12.1 Å². The zero-order valence-electron chi connectivity index (χ0n) is 13.7. The number of likely N-dealkylation sites (N-methyl/N-ethyl adjacent to an activating group) is 1. The quantitative estimate of drug-likeness (QED) is 0.830. The summed E-state index contributed by atoms with van der Waals surface area (Å²) in [6.07, 6.45) is 3.75. The summed E-state index contributed by atoms with van der Waals surface area (Å²) in [5, 5.41) is 0. The molecule has 0 saturated carbocycles. The van der Waals surface area contributed by atoms with E-state index in [1.165, 1.54) is 32.9 Å². The highest BCUT2D eigenvalue weighted by molar-refractivity contribution is 5.43. The topological polar surface area (TPSA) is 24.9 Å². The van der Waals surface area contributed by atoms with Crippen LogP contribution in [0.1, 0.15) is 24.8 Å². The van der Waals surface area contributed by atoms with E-state index < -0.39 is 6.61 Å². The molecule has 0 N–H and O–H groups in total. The minimum atomic E-state index is -2.84. The van der Waals surface area contributed by atoms with Crippen LogP contribution in [0, 0.1) is 0 Å². The van der Waals surface area contributed by atoms with Crippen LogP contribution in [0.15, 0.2) is 18.2 Å². The van der Waals surface area contributed by atoms with Gasteiger partial charge in [0, 0.05) is 25.2 Å². The van der Waals surface area contributed by atoms with Gasteiger partial charge in [0.1, 0.15) is 0 Å². The van der Waals surface area contributed by atoms with Gasteiger partial charge in [0.05, 0.1) is 7.11 Å². The van der Waals surface area contributed by atoms with Crippen LogP contribution in [0.5, 0.6) is 11.5 Å². The van der Waals surface area contributed by atoms with Gasteiger partial charge in [-0.2, -0.15) is 8.78 Å². The second-order valence-electron chi connectivity index (χ2n) is 6.57. The maximum absolute atomic E-state index is 12.4. The second kappa shape index (κ2) is 6.61. The molecular formula is C17H24F2N2O2. The van der Waals surface area contributed by atoms with Crippen molar-refractivity contribution >= 4 is 0 Å². The van der Waals surface area contributed by atoms with E-state index in [0.717, 1.165) is 25.2 Å². The number of hydrogen-bond acceptors (Lipinski definition) is 4. The van der Waals surface area contributed by atoms with Gasteiger partial charge >= 0.3 is 6.61 Å². The summed E-state index contributed by atoms with van der Waals surface area (Å²) < 4.78 is 34.4. The van der Waals surface area contributed by atoms with Crippen LogP contribution in [-0.2, 0) is 6.54 Å². The number of rotatable bonds is 5. The molecule has 2 aliphatic rings. The van der Waals surface area contributed by atoms with Gasteiger partial charge in [-0.25, -0.2) is 0 Å². The molecule has 2 aliphatic heterocycles. The third kappa shape index (κ3) is 3.43. The number of methoxy groups -OCH3 is 1. The maximum Gasteiger partial charge on any atom is 0.387 e. The minimum absolute atomic E-state index is 0.0830. The molecule has 6 heteroatoms. The minimum Gasteiger partial charge on any atom is -0.493 e. The number of halogens is 2. The highest BCUT2D eigenvalue weighted by atomic mass is 19.3. The Hall–Kier alpha value is -1.40. The van der Waals surface area contributed by atoms with Gasteiger partial charge in [0.2, 0.25) is 0 Å². The Morgan fingerprint density at radius 2 is 2.04 bits per heavy atom. The van der Waals surface area contributed by atoms with Gasteiger partial charge in [-0.1, -0.05) is 6.07 Å². The maximum atomic E-state index is 12.4. The molecule has 1 aromatic rings. The SMILES string of the molecule is COc1cc(CN2CCC3(CCCN3C)C2)ccc1OC(F)F. The van der Waals surface area contributed by atoms with E-state index in [1.807, 2.05) is 6.07 Å². The summed E-state index contributed by atoms with van der Waals surface area (Å²) in [4.78, 5) is 4.93.